The number of allylic oxidation sites excluding steroid dienone is 6. The summed E-state index contributed by atoms with van der Waals surface area (Å²) in [5.41, 5.74) is 12.1. The second-order valence-corrected chi connectivity index (χ2v) is 7.37. The number of benzene rings is 1. The molecule has 0 radical (unpaired) electrons. The van der Waals surface area contributed by atoms with Crippen molar-refractivity contribution in [3.05, 3.63) is 57.7 Å². The van der Waals surface area contributed by atoms with Crippen molar-refractivity contribution < 1.29 is 4.79 Å². The number of carbonyl (C=O) groups excluding carboxylic acids is 1. The Kier molecular flexibility index (Phi) is 2.98. The Bertz CT molecular complexity index is 817. The molecule has 0 fully saturated rings. The van der Waals surface area contributed by atoms with Gasteiger partial charge in [-0.15, -0.1) is 0 Å². The molecule has 1 aromatic carbocycles. The van der Waals surface area contributed by atoms with Gasteiger partial charge in [-0.05, 0) is 78.3 Å². The first-order valence-corrected chi connectivity index (χ1v) is 9.08. The Morgan fingerprint density at radius 2 is 1.48 bits per heavy atom. The van der Waals surface area contributed by atoms with Crippen molar-refractivity contribution in [1.82, 2.24) is 0 Å². The summed E-state index contributed by atoms with van der Waals surface area (Å²) in [6, 6.07) is 4.66. The Balaban J connectivity index is 1.67. The van der Waals surface area contributed by atoms with E-state index >= 15 is 0 Å². The topological polar surface area (TPSA) is 17.1 Å². The molecule has 116 valence electrons. The zero-order valence-electron chi connectivity index (χ0n) is 13.6. The summed E-state index contributed by atoms with van der Waals surface area (Å²) in [6.45, 7) is 0. The van der Waals surface area contributed by atoms with E-state index in [1.54, 1.807) is 22.3 Å². The average molecular weight is 302 g/mol. The summed E-state index contributed by atoms with van der Waals surface area (Å²) < 4.78 is 0. The highest BCUT2D eigenvalue weighted by Gasteiger charge is 2.29. The lowest BCUT2D eigenvalue weighted by Gasteiger charge is -2.32. The zero-order chi connectivity index (χ0) is 15.4. The SMILES string of the molecule is O=C1CCC2=C(C1)c1ccc3c(c1CC2)CCC1=C3C=CCC1. The summed E-state index contributed by atoms with van der Waals surface area (Å²) in [5, 5.41) is 0. The number of hydrogen-bond donors (Lipinski definition) is 0. The smallest absolute Gasteiger partial charge is 0.137 e. The van der Waals surface area contributed by atoms with Crippen molar-refractivity contribution in [1.29, 1.82) is 0 Å². The molecule has 0 heterocycles. The third kappa shape index (κ3) is 2.02. The standard InChI is InChI=1S/C22H22O/c23-16-8-5-15-7-10-20-19-9-6-14-3-1-2-4-17(14)18(19)11-12-21(20)22(15)13-16/h2,4,11-12H,1,3,5-10,13H2. The van der Waals surface area contributed by atoms with Crippen LogP contribution in [0.2, 0.25) is 0 Å². The molecule has 0 atom stereocenters. The summed E-state index contributed by atoms with van der Waals surface area (Å²) in [6.07, 6.45) is 14.3. The van der Waals surface area contributed by atoms with Crippen LogP contribution in [0.4, 0.5) is 0 Å². The van der Waals surface area contributed by atoms with Gasteiger partial charge in [-0.2, -0.15) is 0 Å². The summed E-state index contributed by atoms with van der Waals surface area (Å²) in [5.74, 6) is 0.425. The summed E-state index contributed by atoms with van der Waals surface area (Å²) in [7, 11) is 0. The molecule has 0 aliphatic heterocycles. The molecule has 0 amide bonds. The van der Waals surface area contributed by atoms with Crippen LogP contribution in [0, 0.1) is 0 Å². The maximum absolute atomic E-state index is 12.0. The van der Waals surface area contributed by atoms with E-state index in [9.17, 15) is 4.79 Å². The van der Waals surface area contributed by atoms with Crippen molar-refractivity contribution in [2.75, 3.05) is 0 Å². The molecule has 5 rings (SSSR count). The van der Waals surface area contributed by atoms with Gasteiger partial charge in [0.25, 0.3) is 0 Å². The molecule has 1 heteroatoms. The Morgan fingerprint density at radius 3 is 2.39 bits per heavy atom. The van der Waals surface area contributed by atoms with Crippen LogP contribution >= 0.6 is 0 Å². The Hall–Kier alpha value is -1.89. The fourth-order valence-corrected chi connectivity index (χ4v) is 5.02. The van der Waals surface area contributed by atoms with Crippen molar-refractivity contribution >= 4 is 16.9 Å². The number of ketones is 1. The van der Waals surface area contributed by atoms with E-state index in [2.05, 4.69) is 24.3 Å². The maximum atomic E-state index is 12.0. The number of hydrogen-bond acceptors (Lipinski definition) is 1. The van der Waals surface area contributed by atoms with Gasteiger partial charge in [0.05, 0.1) is 0 Å². The van der Waals surface area contributed by atoms with Gasteiger partial charge in [-0.1, -0.05) is 35.4 Å². The summed E-state index contributed by atoms with van der Waals surface area (Å²) >= 11 is 0. The largest absolute Gasteiger partial charge is 0.299 e. The lowest BCUT2D eigenvalue weighted by molar-refractivity contribution is -0.118. The molecule has 23 heavy (non-hydrogen) atoms. The predicted molar refractivity (Wildman–Crippen MR) is 94.2 cm³/mol. The predicted octanol–water partition coefficient (Wildman–Crippen LogP) is 5.19. The molecule has 0 saturated carbocycles. The van der Waals surface area contributed by atoms with Gasteiger partial charge in [-0.3, -0.25) is 4.79 Å². The minimum atomic E-state index is 0.425. The van der Waals surface area contributed by atoms with E-state index in [0.717, 1.165) is 12.8 Å². The van der Waals surface area contributed by atoms with E-state index in [4.69, 9.17) is 0 Å². The second-order valence-electron chi connectivity index (χ2n) is 7.37. The fourth-order valence-electron chi connectivity index (χ4n) is 5.02. The van der Waals surface area contributed by atoms with Crippen LogP contribution in [0.5, 0.6) is 0 Å². The molecule has 0 N–H and O–H groups in total. The summed E-state index contributed by atoms with van der Waals surface area (Å²) in [4.78, 5) is 12.0. The van der Waals surface area contributed by atoms with E-state index in [-0.39, 0.29) is 0 Å². The lowest BCUT2D eigenvalue weighted by atomic mass is 9.72. The molecule has 1 aromatic rings. The maximum Gasteiger partial charge on any atom is 0.137 e. The minimum Gasteiger partial charge on any atom is -0.299 e. The van der Waals surface area contributed by atoms with Gasteiger partial charge in [0.15, 0.2) is 0 Å². The molecule has 1 nitrogen and oxygen atoms in total. The highest BCUT2D eigenvalue weighted by atomic mass is 16.1. The molecular formula is C22H22O. The first kappa shape index (κ1) is 13.5. The fraction of sp³-hybridized carbons (Fsp3) is 0.409. The van der Waals surface area contributed by atoms with Crippen LogP contribution in [0.3, 0.4) is 0 Å². The average Bonchev–Trinajstić information content (AvgIpc) is 2.60. The van der Waals surface area contributed by atoms with Gasteiger partial charge in [0.2, 0.25) is 0 Å². The lowest BCUT2D eigenvalue weighted by Crippen LogP contribution is -2.18. The Labute approximate surface area is 137 Å². The van der Waals surface area contributed by atoms with Crippen molar-refractivity contribution in [2.24, 2.45) is 0 Å². The van der Waals surface area contributed by atoms with Crippen LogP contribution in [-0.4, -0.2) is 5.78 Å². The highest BCUT2D eigenvalue weighted by Crippen LogP contribution is 2.45. The van der Waals surface area contributed by atoms with Gasteiger partial charge < -0.3 is 0 Å². The van der Waals surface area contributed by atoms with Gasteiger partial charge in [0.1, 0.15) is 5.78 Å². The normalized spacial score (nSPS) is 22.5. The second kappa shape index (κ2) is 5.06. The quantitative estimate of drug-likeness (QED) is 0.644. The number of rotatable bonds is 0. The van der Waals surface area contributed by atoms with Crippen LogP contribution in [0.15, 0.2) is 35.4 Å². The van der Waals surface area contributed by atoms with Gasteiger partial charge >= 0.3 is 0 Å². The zero-order valence-corrected chi connectivity index (χ0v) is 13.6. The molecular weight excluding hydrogens is 280 g/mol. The monoisotopic (exact) mass is 302 g/mol. The van der Waals surface area contributed by atoms with E-state index < -0.39 is 0 Å². The molecule has 4 aliphatic rings. The van der Waals surface area contributed by atoms with Gasteiger partial charge in [0, 0.05) is 12.8 Å². The number of Topliss-reactive ketones (excluding diaryl/α,β-unsaturated/α-hetero) is 1. The van der Waals surface area contributed by atoms with E-state index in [1.807, 2.05) is 0 Å². The third-order valence-corrected chi connectivity index (χ3v) is 6.18. The molecule has 0 aromatic heterocycles. The highest BCUT2D eigenvalue weighted by molar-refractivity contribution is 5.95. The van der Waals surface area contributed by atoms with Crippen molar-refractivity contribution in [3.63, 3.8) is 0 Å². The van der Waals surface area contributed by atoms with Crippen molar-refractivity contribution in [2.45, 2.75) is 57.8 Å². The molecule has 0 unspecified atom stereocenters. The third-order valence-electron chi connectivity index (χ3n) is 6.18. The van der Waals surface area contributed by atoms with E-state index in [1.165, 1.54) is 60.8 Å². The van der Waals surface area contributed by atoms with Gasteiger partial charge in [-0.25, -0.2) is 0 Å². The van der Waals surface area contributed by atoms with Crippen molar-refractivity contribution in [3.8, 4) is 0 Å². The van der Waals surface area contributed by atoms with E-state index in [0.29, 0.717) is 12.2 Å². The Morgan fingerprint density at radius 1 is 0.739 bits per heavy atom. The molecule has 0 saturated heterocycles. The van der Waals surface area contributed by atoms with Crippen LogP contribution in [0.1, 0.15) is 67.2 Å². The molecule has 0 spiro atoms. The minimum absolute atomic E-state index is 0.425. The molecule has 4 aliphatic carbocycles. The first-order valence-electron chi connectivity index (χ1n) is 9.08. The number of fused-ring (bicyclic) bond motifs is 5. The molecule has 0 bridgehead atoms. The van der Waals surface area contributed by atoms with Crippen LogP contribution in [0.25, 0.3) is 11.1 Å². The first-order chi connectivity index (χ1) is 11.3. The van der Waals surface area contributed by atoms with Crippen LogP contribution in [-0.2, 0) is 17.6 Å². The number of carbonyl (C=O) groups is 1. The van der Waals surface area contributed by atoms with Crippen LogP contribution < -0.4 is 0 Å².